The summed E-state index contributed by atoms with van der Waals surface area (Å²) in [5, 5.41) is 10.4. The first-order valence-corrected chi connectivity index (χ1v) is 10.6. The molecule has 1 aromatic carbocycles. The maximum atomic E-state index is 13.5. The molecule has 0 unspecified atom stereocenters. The van der Waals surface area contributed by atoms with Gasteiger partial charge in [0, 0.05) is 42.2 Å². The molecule has 4 rings (SSSR count). The Hall–Kier alpha value is -2.74. The lowest BCUT2D eigenvalue weighted by Crippen LogP contribution is -2.36. The molecule has 0 spiro atoms. The molecule has 0 atom stereocenters. The van der Waals surface area contributed by atoms with E-state index in [9.17, 15) is 14.3 Å². The molecular formula is C21H23FN4O2S. The molecule has 3 aromatic rings. The number of thiazole rings is 1. The standard InChI is InChI=1S/C21H23FN4O2S/c22-17-3-1-16-2-4-20(24-19(16)11-17)25-8-5-15(6-9-25)7-10-26(21(27)28)13-18-12-23-14-29-18/h1-4,11-12,14-15H,5-10,13H2,(H,27,28). The summed E-state index contributed by atoms with van der Waals surface area (Å²) in [5.41, 5.74) is 2.39. The van der Waals surface area contributed by atoms with Crippen molar-refractivity contribution in [3.05, 3.63) is 52.7 Å². The molecule has 8 heteroatoms. The van der Waals surface area contributed by atoms with Crippen molar-refractivity contribution >= 4 is 34.2 Å². The number of anilines is 1. The second-order valence-electron chi connectivity index (χ2n) is 7.40. The Bertz CT molecular complexity index is 974. The first-order chi connectivity index (χ1) is 14.1. The number of rotatable bonds is 6. The Balaban J connectivity index is 1.31. The highest BCUT2D eigenvalue weighted by Crippen LogP contribution is 2.26. The number of aromatic nitrogens is 2. The van der Waals surface area contributed by atoms with Crippen LogP contribution in [0.2, 0.25) is 0 Å². The molecule has 0 radical (unpaired) electrons. The average molecular weight is 415 g/mol. The van der Waals surface area contributed by atoms with Crippen LogP contribution in [0.25, 0.3) is 10.9 Å². The van der Waals surface area contributed by atoms with Gasteiger partial charge in [-0.05, 0) is 49.4 Å². The number of pyridine rings is 1. The normalized spacial score (nSPS) is 15.0. The fraction of sp³-hybridized carbons (Fsp3) is 0.381. The van der Waals surface area contributed by atoms with Crippen molar-refractivity contribution in [2.24, 2.45) is 5.92 Å². The molecule has 1 N–H and O–H groups in total. The summed E-state index contributed by atoms with van der Waals surface area (Å²) < 4.78 is 13.5. The number of nitrogens with zero attached hydrogens (tertiary/aromatic N) is 4. The third kappa shape index (κ3) is 4.82. The van der Waals surface area contributed by atoms with Crippen LogP contribution in [0.15, 0.2) is 42.0 Å². The van der Waals surface area contributed by atoms with Gasteiger partial charge in [-0.25, -0.2) is 14.2 Å². The molecule has 29 heavy (non-hydrogen) atoms. The third-order valence-electron chi connectivity index (χ3n) is 5.49. The lowest BCUT2D eigenvalue weighted by Gasteiger charge is -2.33. The zero-order valence-corrected chi connectivity index (χ0v) is 16.8. The molecule has 1 amide bonds. The predicted octanol–water partition coefficient (Wildman–Crippen LogP) is 4.62. The average Bonchev–Trinajstić information content (AvgIpc) is 3.24. The van der Waals surface area contributed by atoms with E-state index in [-0.39, 0.29) is 5.82 Å². The smallest absolute Gasteiger partial charge is 0.407 e. The number of piperidine rings is 1. The van der Waals surface area contributed by atoms with Crippen molar-refractivity contribution in [1.29, 1.82) is 0 Å². The van der Waals surface area contributed by atoms with Crippen LogP contribution >= 0.6 is 11.3 Å². The van der Waals surface area contributed by atoms with Gasteiger partial charge < -0.3 is 14.9 Å². The van der Waals surface area contributed by atoms with Crippen LogP contribution in [-0.4, -0.2) is 45.7 Å². The highest BCUT2D eigenvalue weighted by Gasteiger charge is 2.22. The number of amides is 1. The Morgan fingerprint density at radius 1 is 1.28 bits per heavy atom. The van der Waals surface area contributed by atoms with Crippen molar-refractivity contribution in [3.63, 3.8) is 0 Å². The van der Waals surface area contributed by atoms with Crippen LogP contribution in [-0.2, 0) is 6.54 Å². The monoisotopic (exact) mass is 414 g/mol. The van der Waals surface area contributed by atoms with Gasteiger partial charge in [0.2, 0.25) is 0 Å². The molecule has 1 saturated heterocycles. The van der Waals surface area contributed by atoms with E-state index >= 15 is 0 Å². The molecule has 3 heterocycles. The van der Waals surface area contributed by atoms with E-state index in [0.717, 1.165) is 48.4 Å². The van der Waals surface area contributed by atoms with Crippen LogP contribution < -0.4 is 4.90 Å². The van der Waals surface area contributed by atoms with Gasteiger partial charge in [-0.3, -0.25) is 4.98 Å². The van der Waals surface area contributed by atoms with E-state index in [1.54, 1.807) is 17.8 Å². The van der Waals surface area contributed by atoms with Gasteiger partial charge >= 0.3 is 6.09 Å². The predicted molar refractivity (Wildman–Crippen MR) is 112 cm³/mol. The highest BCUT2D eigenvalue weighted by atomic mass is 32.1. The second kappa shape index (κ2) is 8.73. The molecule has 152 valence electrons. The first-order valence-electron chi connectivity index (χ1n) is 9.75. The SMILES string of the molecule is O=C(O)N(CCC1CCN(c2ccc3ccc(F)cc3n2)CC1)Cc1cncs1. The Labute approximate surface area is 172 Å². The van der Waals surface area contributed by atoms with Gasteiger partial charge in [-0.15, -0.1) is 11.3 Å². The number of carbonyl (C=O) groups is 1. The minimum absolute atomic E-state index is 0.276. The molecule has 1 aliphatic heterocycles. The number of fused-ring (bicyclic) bond motifs is 1. The molecule has 1 aliphatic rings. The molecule has 2 aromatic heterocycles. The van der Waals surface area contributed by atoms with Gasteiger partial charge in [0.25, 0.3) is 0 Å². The lowest BCUT2D eigenvalue weighted by molar-refractivity contribution is 0.138. The van der Waals surface area contributed by atoms with Crippen molar-refractivity contribution in [2.45, 2.75) is 25.8 Å². The largest absolute Gasteiger partial charge is 0.465 e. The summed E-state index contributed by atoms with van der Waals surface area (Å²) in [5.74, 6) is 1.09. The number of benzene rings is 1. The number of hydrogen-bond acceptors (Lipinski definition) is 5. The van der Waals surface area contributed by atoms with E-state index in [4.69, 9.17) is 0 Å². The summed E-state index contributed by atoms with van der Waals surface area (Å²) in [6.07, 6.45) is 3.69. The number of halogens is 1. The van der Waals surface area contributed by atoms with E-state index in [1.165, 1.54) is 28.4 Å². The summed E-state index contributed by atoms with van der Waals surface area (Å²) in [6.45, 7) is 2.68. The molecule has 6 nitrogen and oxygen atoms in total. The van der Waals surface area contributed by atoms with Crippen molar-refractivity contribution < 1.29 is 14.3 Å². The number of carboxylic acid groups (broad SMARTS) is 1. The minimum Gasteiger partial charge on any atom is -0.465 e. The van der Waals surface area contributed by atoms with E-state index in [1.807, 2.05) is 12.1 Å². The van der Waals surface area contributed by atoms with Crippen LogP contribution in [0.5, 0.6) is 0 Å². The molecular weight excluding hydrogens is 391 g/mol. The van der Waals surface area contributed by atoms with Crippen LogP contribution in [0.4, 0.5) is 15.0 Å². The van der Waals surface area contributed by atoms with Crippen molar-refractivity contribution in [1.82, 2.24) is 14.9 Å². The zero-order valence-electron chi connectivity index (χ0n) is 16.0. The van der Waals surface area contributed by atoms with E-state index < -0.39 is 6.09 Å². The summed E-state index contributed by atoms with van der Waals surface area (Å²) in [4.78, 5) is 24.8. The molecule has 0 saturated carbocycles. The van der Waals surface area contributed by atoms with Gasteiger partial charge in [0.1, 0.15) is 11.6 Å². The van der Waals surface area contributed by atoms with Crippen LogP contribution in [0, 0.1) is 11.7 Å². The summed E-state index contributed by atoms with van der Waals surface area (Å²) in [6, 6.07) is 8.63. The third-order valence-corrected chi connectivity index (χ3v) is 6.25. The van der Waals surface area contributed by atoms with Gasteiger partial charge in [0.05, 0.1) is 17.6 Å². The first kappa shape index (κ1) is 19.6. The highest BCUT2D eigenvalue weighted by molar-refractivity contribution is 7.09. The fourth-order valence-corrected chi connectivity index (χ4v) is 4.40. The maximum Gasteiger partial charge on any atom is 0.407 e. The van der Waals surface area contributed by atoms with Crippen LogP contribution in [0.3, 0.4) is 0 Å². The molecule has 0 bridgehead atoms. The topological polar surface area (TPSA) is 69.6 Å². The molecule has 0 aliphatic carbocycles. The van der Waals surface area contributed by atoms with Gasteiger partial charge in [-0.1, -0.05) is 0 Å². The second-order valence-corrected chi connectivity index (χ2v) is 8.37. The Kier molecular flexibility index (Phi) is 5.89. The van der Waals surface area contributed by atoms with E-state index in [0.29, 0.717) is 24.5 Å². The quantitative estimate of drug-likeness (QED) is 0.638. The zero-order chi connectivity index (χ0) is 20.2. The molecule has 1 fully saturated rings. The number of hydrogen-bond donors (Lipinski definition) is 1. The fourth-order valence-electron chi connectivity index (χ4n) is 3.80. The lowest BCUT2D eigenvalue weighted by atomic mass is 9.93. The van der Waals surface area contributed by atoms with Crippen LogP contribution in [0.1, 0.15) is 24.1 Å². The van der Waals surface area contributed by atoms with Gasteiger partial charge in [0.15, 0.2) is 0 Å². The maximum absolute atomic E-state index is 13.5. The minimum atomic E-state index is -0.886. The Morgan fingerprint density at radius 3 is 2.79 bits per heavy atom. The Morgan fingerprint density at radius 2 is 2.07 bits per heavy atom. The van der Waals surface area contributed by atoms with Gasteiger partial charge in [-0.2, -0.15) is 0 Å². The van der Waals surface area contributed by atoms with Crippen molar-refractivity contribution in [3.8, 4) is 0 Å². The summed E-state index contributed by atoms with van der Waals surface area (Å²) in [7, 11) is 0. The van der Waals surface area contributed by atoms with Crippen molar-refractivity contribution in [2.75, 3.05) is 24.5 Å². The van der Waals surface area contributed by atoms with E-state index in [2.05, 4.69) is 14.9 Å². The summed E-state index contributed by atoms with van der Waals surface area (Å²) >= 11 is 1.48.